The first-order chi connectivity index (χ1) is 12.4. The fourth-order valence-electron chi connectivity index (χ4n) is 2.59. The van der Waals surface area contributed by atoms with E-state index in [4.69, 9.17) is 6.57 Å². The summed E-state index contributed by atoms with van der Waals surface area (Å²) in [5.74, 6) is 0. The van der Waals surface area contributed by atoms with Gasteiger partial charge in [0.1, 0.15) is 0 Å². The lowest BCUT2D eigenvalue weighted by atomic mass is 10.2. The smallest absolute Gasteiger partial charge is 0.261 e. The van der Waals surface area contributed by atoms with Crippen LogP contribution in [-0.4, -0.2) is 32.4 Å². The second-order valence-electron chi connectivity index (χ2n) is 6.13. The summed E-state index contributed by atoms with van der Waals surface area (Å²) in [6, 6.07) is 15.1. The van der Waals surface area contributed by atoms with Crippen LogP contribution in [0.15, 0.2) is 59.5 Å². The summed E-state index contributed by atoms with van der Waals surface area (Å²) >= 11 is 0. The molecule has 0 saturated heterocycles. The highest BCUT2D eigenvalue weighted by Gasteiger charge is 2.16. The van der Waals surface area contributed by atoms with Gasteiger partial charge >= 0.3 is 0 Å². The third-order valence-corrected chi connectivity index (χ3v) is 5.16. The summed E-state index contributed by atoms with van der Waals surface area (Å²) in [5, 5.41) is 0.857. The van der Waals surface area contributed by atoms with Gasteiger partial charge in [-0.2, -0.15) is 0 Å². The van der Waals surface area contributed by atoms with E-state index >= 15 is 0 Å². The second kappa shape index (κ2) is 7.12. The van der Waals surface area contributed by atoms with Crippen LogP contribution < -0.4 is 4.72 Å². The van der Waals surface area contributed by atoms with Gasteiger partial charge < -0.3 is 4.90 Å². The number of hydrogen-bond acceptors (Lipinski definition) is 4. The minimum atomic E-state index is -3.77. The molecule has 132 valence electrons. The van der Waals surface area contributed by atoms with E-state index in [1.807, 2.05) is 37.2 Å². The zero-order chi connectivity index (χ0) is 18.7. The largest absolute Gasteiger partial charge is 0.304 e. The number of pyridine rings is 1. The lowest BCUT2D eigenvalue weighted by molar-refractivity contribution is 0.397. The molecule has 0 fully saturated rings. The summed E-state index contributed by atoms with van der Waals surface area (Å²) in [6.07, 6.45) is 0. The van der Waals surface area contributed by atoms with Crippen LogP contribution in [-0.2, 0) is 16.6 Å². The fourth-order valence-corrected chi connectivity index (χ4v) is 3.65. The number of anilines is 1. The Morgan fingerprint density at radius 3 is 2.46 bits per heavy atom. The summed E-state index contributed by atoms with van der Waals surface area (Å²) in [6.45, 7) is 7.62. The number of fused-ring (bicyclic) bond motifs is 1. The predicted octanol–water partition coefficient (Wildman–Crippen LogP) is 3.65. The third-order valence-electron chi connectivity index (χ3n) is 3.78. The molecule has 0 spiro atoms. The van der Waals surface area contributed by atoms with Crippen molar-refractivity contribution in [3.05, 3.63) is 71.7 Å². The second-order valence-corrected chi connectivity index (χ2v) is 7.81. The average Bonchev–Trinajstić information content (AvgIpc) is 2.61. The topological polar surface area (TPSA) is 66.7 Å². The van der Waals surface area contributed by atoms with Crippen molar-refractivity contribution in [2.75, 3.05) is 18.8 Å². The van der Waals surface area contributed by atoms with Crippen LogP contribution in [0.3, 0.4) is 0 Å². The highest BCUT2D eigenvalue weighted by Crippen LogP contribution is 2.25. The Balaban J connectivity index is 2.00. The van der Waals surface area contributed by atoms with Gasteiger partial charge in [-0.05, 0) is 26.2 Å². The summed E-state index contributed by atoms with van der Waals surface area (Å²) in [7, 11) is 0.134. The maximum Gasteiger partial charge on any atom is 0.261 e. The lowest BCUT2D eigenvalue weighted by Crippen LogP contribution is -2.14. The number of nitrogens with zero attached hydrogens (tertiary/aromatic N) is 3. The fraction of sp³-hybridized carbons (Fsp3) is 0.158. The SMILES string of the molecule is [C-]#[N+]c1ccc(S(=O)(=O)Nc2cccc3ccc(CN(C)C)nc23)cc1. The van der Waals surface area contributed by atoms with Crippen LogP contribution >= 0.6 is 0 Å². The first-order valence-electron chi connectivity index (χ1n) is 7.93. The number of benzene rings is 2. The van der Waals surface area contributed by atoms with Gasteiger partial charge in [0.25, 0.3) is 10.0 Å². The normalized spacial score (nSPS) is 11.5. The minimum Gasteiger partial charge on any atom is -0.304 e. The molecule has 6 nitrogen and oxygen atoms in total. The van der Waals surface area contributed by atoms with Crippen molar-refractivity contribution in [1.29, 1.82) is 0 Å². The van der Waals surface area contributed by atoms with Crippen molar-refractivity contribution in [3.8, 4) is 0 Å². The number of sulfonamides is 1. The maximum atomic E-state index is 12.7. The van der Waals surface area contributed by atoms with Crippen molar-refractivity contribution in [1.82, 2.24) is 9.88 Å². The van der Waals surface area contributed by atoms with Crippen molar-refractivity contribution in [2.24, 2.45) is 0 Å². The van der Waals surface area contributed by atoms with Crippen LogP contribution in [0.2, 0.25) is 0 Å². The maximum absolute atomic E-state index is 12.7. The molecule has 1 heterocycles. The van der Waals surface area contributed by atoms with E-state index in [1.54, 1.807) is 12.1 Å². The number of hydrogen-bond donors (Lipinski definition) is 1. The van der Waals surface area contributed by atoms with Crippen LogP contribution in [0.1, 0.15) is 5.69 Å². The van der Waals surface area contributed by atoms with Crippen molar-refractivity contribution < 1.29 is 8.42 Å². The molecule has 0 unspecified atom stereocenters. The Morgan fingerprint density at radius 1 is 1.08 bits per heavy atom. The molecule has 0 atom stereocenters. The van der Waals surface area contributed by atoms with E-state index < -0.39 is 10.0 Å². The van der Waals surface area contributed by atoms with E-state index in [2.05, 4.69) is 14.6 Å². The molecule has 0 aliphatic heterocycles. The van der Waals surface area contributed by atoms with Crippen molar-refractivity contribution in [3.63, 3.8) is 0 Å². The number of aromatic nitrogens is 1. The van der Waals surface area contributed by atoms with Crippen LogP contribution in [0.25, 0.3) is 15.7 Å². The van der Waals surface area contributed by atoms with E-state index in [0.29, 0.717) is 23.4 Å². The molecule has 7 heteroatoms. The molecule has 0 saturated carbocycles. The van der Waals surface area contributed by atoms with Crippen LogP contribution in [0.4, 0.5) is 11.4 Å². The third kappa shape index (κ3) is 3.82. The molecule has 0 amide bonds. The molecule has 0 bridgehead atoms. The van der Waals surface area contributed by atoms with Gasteiger partial charge in [-0.15, -0.1) is 0 Å². The standard InChI is InChI=1S/C19H18N4O2S/c1-20-15-9-11-17(12-10-15)26(24,25)22-18-6-4-5-14-7-8-16(13-23(2)3)21-19(14)18/h4-12,22H,13H2,2-3H3. The Morgan fingerprint density at radius 2 is 1.81 bits per heavy atom. The Kier molecular flexibility index (Phi) is 4.89. The quantitative estimate of drug-likeness (QED) is 0.700. The Hall–Kier alpha value is -2.95. The van der Waals surface area contributed by atoms with E-state index in [0.717, 1.165) is 11.1 Å². The number of rotatable bonds is 5. The van der Waals surface area contributed by atoms with E-state index in [9.17, 15) is 8.42 Å². The van der Waals surface area contributed by atoms with Crippen LogP contribution in [0.5, 0.6) is 0 Å². The molecular formula is C19H18N4O2S. The molecule has 3 rings (SSSR count). The molecule has 26 heavy (non-hydrogen) atoms. The minimum absolute atomic E-state index is 0.103. The molecule has 0 aliphatic rings. The first-order valence-corrected chi connectivity index (χ1v) is 9.41. The highest BCUT2D eigenvalue weighted by molar-refractivity contribution is 7.92. The van der Waals surface area contributed by atoms with Gasteiger partial charge in [0.15, 0.2) is 5.69 Å². The molecule has 2 aromatic carbocycles. The molecule has 1 aromatic heterocycles. The predicted molar refractivity (Wildman–Crippen MR) is 103 cm³/mol. The van der Waals surface area contributed by atoms with Gasteiger partial charge in [0.2, 0.25) is 0 Å². The van der Waals surface area contributed by atoms with Gasteiger partial charge in [0.05, 0.1) is 28.4 Å². The zero-order valence-corrected chi connectivity index (χ0v) is 15.3. The zero-order valence-electron chi connectivity index (χ0n) is 14.5. The summed E-state index contributed by atoms with van der Waals surface area (Å²) < 4.78 is 28.0. The Bertz CT molecular complexity index is 1080. The molecule has 0 radical (unpaired) electrons. The lowest BCUT2D eigenvalue weighted by Gasteiger charge is -2.13. The average molecular weight is 366 g/mol. The highest BCUT2D eigenvalue weighted by atomic mass is 32.2. The Labute approximate surface area is 153 Å². The van der Waals surface area contributed by atoms with E-state index in [1.165, 1.54) is 24.3 Å². The van der Waals surface area contributed by atoms with Gasteiger partial charge in [0, 0.05) is 11.9 Å². The van der Waals surface area contributed by atoms with Crippen LogP contribution in [0, 0.1) is 6.57 Å². The summed E-state index contributed by atoms with van der Waals surface area (Å²) in [4.78, 5) is 9.99. The molecular weight excluding hydrogens is 348 g/mol. The van der Waals surface area contributed by atoms with Crippen molar-refractivity contribution >= 4 is 32.3 Å². The van der Waals surface area contributed by atoms with E-state index in [-0.39, 0.29) is 4.90 Å². The first kappa shape index (κ1) is 17.9. The number of nitrogens with one attached hydrogen (secondary N) is 1. The molecule has 3 aromatic rings. The molecule has 0 aliphatic carbocycles. The number of para-hydroxylation sites is 1. The molecule has 1 N–H and O–H groups in total. The van der Waals surface area contributed by atoms with Gasteiger partial charge in [-0.25, -0.2) is 18.2 Å². The van der Waals surface area contributed by atoms with Gasteiger partial charge in [-0.1, -0.05) is 42.5 Å². The monoisotopic (exact) mass is 366 g/mol. The van der Waals surface area contributed by atoms with Crippen molar-refractivity contribution in [2.45, 2.75) is 11.4 Å². The summed E-state index contributed by atoms with van der Waals surface area (Å²) in [5.41, 5.74) is 2.28. The van der Waals surface area contributed by atoms with Gasteiger partial charge in [-0.3, -0.25) is 4.72 Å².